The fourth-order valence-electron chi connectivity index (χ4n) is 3.01. The molecular formula is C23H15ClN2O3. The number of benzene rings is 3. The van der Waals surface area contributed by atoms with Crippen molar-refractivity contribution in [1.82, 2.24) is 9.55 Å². The van der Waals surface area contributed by atoms with Gasteiger partial charge in [-0.2, -0.15) is 0 Å². The van der Waals surface area contributed by atoms with Crippen molar-refractivity contribution in [3.05, 3.63) is 105 Å². The second kappa shape index (κ2) is 7.73. The maximum atomic E-state index is 13.2. The Labute approximate surface area is 171 Å². The normalized spacial score (nSPS) is 11.2. The third-order valence-electron chi connectivity index (χ3n) is 4.47. The fraction of sp³-hybridized carbons (Fsp3) is 0. The van der Waals surface area contributed by atoms with E-state index in [9.17, 15) is 9.59 Å². The predicted molar refractivity (Wildman–Crippen MR) is 115 cm³/mol. The number of hydrogen-bond acceptors (Lipinski definition) is 3. The molecule has 4 aromatic rings. The highest BCUT2D eigenvalue weighted by Gasteiger charge is 2.12. The van der Waals surface area contributed by atoms with E-state index in [1.165, 1.54) is 16.7 Å². The summed E-state index contributed by atoms with van der Waals surface area (Å²) in [5.74, 6) is -0.588. The number of para-hydroxylation sites is 1. The molecule has 1 aromatic heterocycles. The molecule has 142 valence electrons. The number of carboxylic acid groups (broad SMARTS) is 1. The largest absolute Gasteiger partial charge is 0.478 e. The molecule has 0 aliphatic heterocycles. The van der Waals surface area contributed by atoms with Gasteiger partial charge in [-0.25, -0.2) is 9.78 Å². The highest BCUT2D eigenvalue weighted by Crippen LogP contribution is 2.17. The minimum absolute atomic E-state index is 0.147. The van der Waals surface area contributed by atoms with Crippen LogP contribution in [0.5, 0.6) is 0 Å². The molecule has 0 spiro atoms. The van der Waals surface area contributed by atoms with Crippen molar-refractivity contribution in [1.29, 1.82) is 0 Å². The second-order valence-corrected chi connectivity index (χ2v) is 6.80. The highest BCUT2D eigenvalue weighted by molar-refractivity contribution is 6.30. The summed E-state index contributed by atoms with van der Waals surface area (Å²) < 4.78 is 1.47. The van der Waals surface area contributed by atoms with Crippen molar-refractivity contribution < 1.29 is 9.90 Å². The van der Waals surface area contributed by atoms with Crippen molar-refractivity contribution in [2.75, 3.05) is 0 Å². The summed E-state index contributed by atoms with van der Waals surface area (Å²) in [7, 11) is 0. The Morgan fingerprint density at radius 1 is 0.931 bits per heavy atom. The third-order valence-corrected chi connectivity index (χ3v) is 4.72. The Morgan fingerprint density at radius 3 is 2.31 bits per heavy atom. The molecule has 0 saturated heterocycles. The van der Waals surface area contributed by atoms with Crippen LogP contribution in [0.3, 0.4) is 0 Å². The summed E-state index contributed by atoms with van der Waals surface area (Å²) in [6.45, 7) is 0. The van der Waals surface area contributed by atoms with E-state index in [2.05, 4.69) is 4.98 Å². The lowest BCUT2D eigenvalue weighted by Crippen LogP contribution is -2.22. The maximum absolute atomic E-state index is 13.2. The minimum Gasteiger partial charge on any atom is -0.478 e. The molecule has 1 N–H and O–H groups in total. The average Bonchev–Trinajstić information content (AvgIpc) is 2.73. The summed E-state index contributed by atoms with van der Waals surface area (Å²) in [6, 6.07) is 20.5. The second-order valence-electron chi connectivity index (χ2n) is 6.36. The lowest BCUT2D eigenvalue weighted by molar-refractivity contribution is 0.0697. The van der Waals surface area contributed by atoms with E-state index >= 15 is 0 Å². The van der Waals surface area contributed by atoms with Crippen molar-refractivity contribution >= 4 is 40.6 Å². The van der Waals surface area contributed by atoms with Crippen LogP contribution in [-0.2, 0) is 0 Å². The molecule has 29 heavy (non-hydrogen) atoms. The topological polar surface area (TPSA) is 72.2 Å². The quantitative estimate of drug-likeness (QED) is 0.526. The van der Waals surface area contributed by atoms with Gasteiger partial charge in [0.25, 0.3) is 5.56 Å². The number of carbonyl (C=O) groups is 1. The fourth-order valence-corrected chi connectivity index (χ4v) is 3.13. The standard InChI is InChI=1S/C23H15ClN2O3/c24-17-10-5-15(6-11-17)7-14-21-25-20-4-2-1-3-19(20)22(27)26(21)18-12-8-16(9-13-18)23(28)29/h1-14H,(H,28,29)/b14-7+. The van der Waals surface area contributed by atoms with Crippen molar-refractivity contribution in [2.45, 2.75) is 0 Å². The average molecular weight is 403 g/mol. The molecule has 0 saturated carbocycles. The van der Waals surface area contributed by atoms with Gasteiger partial charge < -0.3 is 5.11 Å². The first kappa shape index (κ1) is 18.7. The van der Waals surface area contributed by atoms with Crippen molar-refractivity contribution in [3.63, 3.8) is 0 Å². The highest BCUT2D eigenvalue weighted by atomic mass is 35.5. The van der Waals surface area contributed by atoms with Crippen LogP contribution in [-0.4, -0.2) is 20.6 Å². The molecule has 0 bridgehead atoms. The zero-order valence-corrected chi connectivity index (χ0v) is 15.9. The molecule has 0 aliphatic rings. The van der Waals surface area contributed by atoms with E-state index in [1.54, 1.807) is 48.5 Å². The predicted octanol–water partition coefficient (Wildman–Crippen LogP) is 4.91. The summed E-state index contributed by atoms with van der Waals surface area (Å²) in [5.41, 5.74) is 1.95. The Bertz CT molecular complexity index is 1290. The van der Waals surface area contributed by atoms with Crippen molar-refractivity contribution in [2.24, 2.45) is 0 Å². The third kappa shape index (κ3) is 3.81. The lowest BCUT2D eigenvalue weighted by Gasteiger charge is -2.11. The van der Waals surface area contributed by atoms with Crippen LogP contribution in [0.4, 0.5) is 0 Å². The maximum Gasteiger partial charge on any atom is 0.335 e. The Balaban J connectivity index is 1.89. The lowest BCUT2D eigenvalue weighted by atomic mass is 10.1. The van der Waals surface area contributed by atoms with Gasteiger partial charge in [-0.15, -0.1) is 0 Å². The molecule has 6 heteroatoms. The first-order valence-electron chi connectivity index (χ1n) is 8.82. The van der Waals surface area contributed by atoms with Gasteiger partial charge in [-0.1, -0.05) is 41.9 Å². The van der Waals surface area contributed by atoms with E-state index in [-0.39, 0.29) is 11.1 Å². The van der Waals surface area contributed by atoms with Crippen LogP contribution in [0.2, 0.25) is 5.02 Å². The monoisotopic (exact) mass is 402 g/mol. The molecular weight excluding hydrogens is 388 g/mol. The Morgan fingerprint density at radius 2 is 1.62 bits per heavy atom. The van der Waals surface area contributed by atoms with E-state index < -0.39 is 5.97 Å². The number of aromatic carboxylic acids is 1. The molecule has 0 aliphatic carbocycles. The van der Waals surface area contributed by atoms with E-state index in [0.29, 0.717) is 27.4 Å². The first-order valence-corrected chi connectivity index (χ1v) is 9.20. The van der Waals surface area contributed by atoms with Crippen LogP contribution in [0.15, 0.2) is 77.6 Å². The molecule has 0 unspecified atom stereocenters. The van der Waals surface area contributed by atoms with Crippen LogP contribution in [0.1, 0.15) is 21.7 Å². The number of aromatic nitrogens is 2. The summed E-state index contributed by atoms with van der Waals surface area (Å²) in [4.78, 5) is 29.0. The molecule has 0 fully saturated rings. The first-order chi connectivity index (χ1) is 14.0. The molecule has 0 atom stereocenters. The van der Waals surface area contributed by atoms with Gasteiger partial charge >= 0.3 is 5.97 Å². The van der Waals surface area contributed by atoms with Gasteiger partial charge in [0.05, 0.1) is 22.2 Å². The summed E-state index contributed by atoms with van der Waals surface area (Å²) in [6.07, 6.45) is 3.59. The zero-order valence-electron chi connectivity index (χ0n) is 15.1. The molecule has 4 rings (SSSR count). The number of nitrogens with zero attached hydrogens (tertiary/aromatic N) is 2. The van der Waals surface area contributed by atoms with Crippen LogP contribution in [0.25, 0.3) is 28.7 Å². The van der Waals surface area contributed by atoms with Gasteiger partial charge in [0.2, 0.25) is 0 Å². The minimum atomic E-state index is -1.02. The van der Waals surface area contributed by atoms with Crippen LogP contribution in [0, 0.1) is 0 Å². The number of fused-ring (bicyclic) bond motifs is 1. The number of hydrogen-bond donors (Lipinski definition) is 1. The van der Waals surface area contributed by atoms with Gasteiger partial charge in [-0.05, 0) is 60.2 Å². The number of rotatable bonds is 4. The van der Waals surface area contributed by atoms with Gasteiger partial charge in [0, 0.05) is 5.02 Å². The summed E-state index contributed by atoms with van der Waals surface area (Å²) in [5, 5.41) is 10.3. The van der Waals surface area contributed by atoms with E-state index in [4.69, 9.17) is 16.7 Å². The van der Waals surface area contributed by atoms with E-state index in [0.717, 1.165) is 5.56 Å². The number of carboxylic acids is 1. The molecule has 0 amide bonds. The Hall–Kier alpha value is -3.70. The van der Waals surface area contributed by atoms with E-state index in [1.807, 2.05) is 24.3 Å². The van der Waals surface area contributed by atoms with Crippen LogP contribution >= 0.6 is 11.6 Å². The molecule has 3 aromatic carbocycles. The number of halogens is 1. The van der Waals surface area contributed by atoms with Crippen LogP contribution < -0.4 is 5.56 Å². The molecule has 1 heterocycles. The SMILES string of the molecule is O=C(O)c1ccc(-n2c(/C=C/c3ccc(Cl)cc3)nc3ccccc3c2=O)cc1. The molecule has 0 radical (unpaired) electrons. The van der Waals surface area contributed by atoms with Gasteiger partial charge in [-0.3, -0.25) is 9.36 Å². The summed E-state index contributed by atoms with van der Waals surface area (Å²) >= 11 is 5.93. The zero-order chi connectivity index (χ0) is 20.4. The van der Waals surface area contributed by atoms with Gasteiger partial charge in [0.15, 0.2) is 0 Å². The molecule has 5 nitrogen and oxygen atoms in total. The van der Waals surface area contributed by atoms with Crippen molar-refractivity contribution in [3.8, 4) is 5.69 Å². The smallest absolute Gasteiger partial charge is 0.335 e. The Kier molecular flexibility index (Phi) is 4.97. The van der Waals surface area contributed by atoms with Gasteiger partial charge in [0.1, 0.15) is 5.82 Å².